The highest BCUT2D eigenvalue weighted by atomic mass is 35.5. The van der Waals surface area contributed by atoms with E-state index in [4.69, 9.17) is 11.6 Å². The fourth-order valence-corrected chi connectivity index (χ4v) is 4.71. The first-order valence-corrected chi connectivity index (χ1v) is 11.5. The molecule has 0 atom stereocenters. The zero-order valence-electron chi connectivity index (χ0n) is 17.5. The van der Waals surface area contributed by atoms with Crippen LogP contribution >= 0.6 is 11.6 Å². The zero-order chi connectivity index (χ0) is 23.3. The maximum atomic E-state index is 13.4. The Hall–Kier alpha value is -3.36. The molecular formula is C23H22ClN3O4S. The van der Waals surface area contributed by atoms with Crippen molar-refractivity contribution in [3.63, 3.8) is 0 Å². The van der Waals surface area contributed by atoms with Gasteiger partial charge in [0.1, 0.15) is 6.54 Å². The zero-order valence-corrected chi connectivity index (χ0v) is 19.1. The molecule has 0 aliphatic carbocycles. The molecule has 0 aliphatic rings. The van der Waals surface area contributed by atoms with Gasteiger partial charge in [0, 0.05) is 23.3 Å². The lowest BCUT2D eigenvalue weighted by Gasteiger charge is -2.26. The van der Waals surface area contributed by atoms with Crippen LogP contribution in [0.2, 0.25) is 5.02 Å². The molecule has 3 rings (SSSR count). The molecule has 0 aromatic heterocycles. The second kappa shape index (κ2) is 9.84. The summed E-state index contributed by atoms with van der Waals surface area (Å²) >= 11 is 6.12. The second-order valence-electron chi connectivity index (χ2n) is 7.06. The number of hydrogen-bond donors (Lipinski definition) is 2. The van der Waals surface area contributed by atoms with Gasteiger partial charge in [0.05, 0.1) is 10.6 Å². The highest BCUT2D eigenvalue weighted by molar-refractivity contribution is 7.92. The first-order chi connectivity index (χ1) is 15.2. The van der Waals surface area contributed by atoms with Gasteiger partial charge in [-0.2, -0.15) is 0 Å². The molecule has 0 unspecified atom stereocenters. The quantitative estimate of drug-likeness (QED) is 0.532. The average molecular weight is 472 g/mol. The molecule has 3 aromatic carbocycles. The fraction of sp³-hybridized carbons (Fsp3) is 0.130. The number of rotatable bonds is 7. The number of nitrogens with zero attached hydrogens (tertiary/aromatic N) is 1. The number of carbonyl (C=O) groups excluding carboxylic acids is 2. The highest BCUT2D eigenvalue weighted by Gasteiger charge is 2.28. The summed E-state index contributed by atoms with van der Waals surface area (Å²) in [7, 11) is -4.03. The van der Waals surface area contributed by atoms with Crippen molar-refractivity contribution in [3.8, 4) is 0 Å². The first kappa shape index (κ1) is 23.3. The van der Waals surface area contributed by atoms with E-state index in [-0.39, 0.29) is 10.8 Å². The summed E-state index contributed by atoms with van der Waals surface area (Å²) < 4.78 is 27.8. The third-order valence-electron chi connectivity index (χ3n) is 4.55. The summed E-state index contributed by atoms with van der Waals surface area (Å²) in [5.74, 6) is -0.739. The Morgan fingerprint density at radius 3 is 2.09 bits per heavy atom. The van der Waals surface area contributed by atoms with Gasteiger partial charge in [0.15, 0.2) is 0 Å². The summed E-state index contributed by atoms with van der Waals surface area (Å²) in [6.45, 7) is 2.69. The summed E-state index contributed by atoms with van der Waals surface area (Å²) in [5, 5.41) is 5.68. The van der Waals surface area contributed by atoms with Crippen molar-refractivity contribution in [2.75, 3.05) is 21.5 Å². The molecule has 9 heteroatoms. The van der Waals surface area contributed by atoms with Gasteiger partial charge in [-0.3, -0.25) is 13.9 Å². The highest BCUT2D eigenvalue weighted by Crippen LogP contribution is 2.29. The van der Waals surface area contributed by atoms with Crippen molar-refractivity contribution in [2.24, 2.45) is 0 Å². The Morgan fingerprint density at radius 1 is 0.906 bits per heavy atom. The monoisotopic (exact) mass is 471 g/mol. The van der Waals surface area contributed by atoms with Crippen LogP contribution < -0.4 is 14.9 Å². The van der Waals surface area contributed by atoms with E-state index in [9.17, 15) is 18.0 Å². The smallest absolute Gasteiger partial charge is 0.264 e. The standard InChI is InChI=1S/C23H22ClN3O4S/c1-16-8-9-18(24)14-22(16)27(32(30,31)21-6-4-3-5-7-21)15-23(29)26-20-12-10-19(11-13-20)25-17(2)28/h3-14H,15H2,1-2H3,(H,25,28)(H,26,29). The van der Waals surface area contributed by atoms with Crippen LogP contribution in [0, 0.1) is 6.92 Å². The molecule has 0 saturated carbocycles. The third kappa shape index (κ3) is 5.66. The van der Waals surface area contributed by atoms with Gasteiger partial charge in [0.2, 0.25) is 11.8 Å². The van der Waals surface area contributed by atoms with Gasteiger partial charge in [-0.15, -0.1) is 0 Å². The molecule has 0 saturated heterocycles. The van der Waals surface area contributed by atoms with E-state index in [1.807, 2.05) is 0 Å². The molecule has 2 N–H and O–H groups in total. The van der Waals surface area contributed by atoms with Crippen LogP contribution in [0.3, 0.4) is 0 Å². The van der Waals surface area contributed by atoms with Gasteiger partial charge in [-0.05, 0) is 61.0 Å². The lowest BCUT2D eigenvalue weighted by Crippen LogP contribution is -2.38. The summed E-state index contributed by atoms with van der Waals surface area (Å²) in [4.78, 5) is 24.0. The number of benzene rings is 3. The molecule has 0 spiro atoms. The van der Waals surface area contributed by atoms with E-state index >= 15 is 0 Å². The van der Waals surface area contributed by atoms with E-state index in [0.717, 1.165) is 4.31 Å². The number of sulfonamides is 1. The van der Waals surface area contributed by atoms with Gasteiger partial charge in [-0.25, -0.2) is 8.42 Å². The maximum absolute atomic E-state index is 13.4. The number of hydrogen-bond acceptors (Lipinski definition) is 4. The van der Waals surface area contributed by atoms with Crippen molar-refractivity contribution in [2.45, 2.75) is 18.7 Å². The second-order valence-corrected chi connectivity index (χ2v) is 9.36. The lowest BCUT2D eigenvalue weighted by atomic mass is 10.2. The number of halogens is 1. The molecule has 2 amide bonds. The molecule has 32 heavy (non-hydrogen) atoms. The Balaban J connectivity index is 1.90. The van der Waals surface area contributed by atoms with Crippen LogP contribution in [0.1, 0.15) is 12.5 Å². The maximum Gasteiger partial charge on any atom is 0.264 e. The van der Waals surface area contributed by atoms with Crippen LogP contribution in [0.25, 0.3) is 0 Å². The van der Waals surface area contributed by atoms with Crippen LogP contribution in [0.15, 0.2) is 77.7 Å². The Kier molecular flexibility index (Phi) is 7.17. The molecule has 166 valence electrons. The number of amides is 2. The van der Waals surface area contributed by atoms with E-state index in [0.29, 0.717) is 27.6 Å². The van der Waals surface area contributed by atoms with E-state index in [1.54, 1.807) is 61.5 Å². The van der Waals surface area contributed by atoms with Gasteiger partial charge < -0.3 is 10.6 Å². The number of nitrogens with one attached hydrogen (secondary N) is 2. The Labute approximate surface area is 192 Å². The minimum absolute atomic E-state index is 0.0619. The van der Waals surface area contributed by atoms with Crippen LogP contribution in [0.5, 0.6) is 0 Å². The molecule has 0 radical (unpaired) electrons. The number of anilines is 3. The Morgan fingerprint density at radius 2 is 1.50 bits per heavy atom. The molecule has 3 aromatic rings. The van der Waals surface area contributed by atoms with Crippen molar-refractivity contribution in [3.05, 3.63) is 83.4 Å². The van der Waals surface area contributed by atoms with Crippen LogP contribution in [-0.4, -0.2) is 26.8 Å². The van der Waals surface area contributed by atoms with E-state index < -0.39 is 22.5 Å². The topological polar surface area (TPSA) is 95.6 Å². The average Bonchev–Trinajstić information content (AvgIpc) is 2.75. The molecule has 0 fully saturated rings. The summed E-state index contributed by atoms with van der Waals surface area (Å²) in [5.41, 5.74) is 2.01. The van der Waals surface area contributed by atoms with Crippen LogP contribution in [0.4, 0.5) is 17.1 Å². The Bertz CT molecular complexity index is 1230. The SMILES string of the molecule is CC(=O)Nc1ccc(NC(=O)CN(c2cc(Cl)ccc2C)S(=O)(=O)c2ccccc2)cc1. The minimum atomic E-state index is -4.03. The largest absolute Gasteiger partial charge is 0.326 e. The summed E-state index contributed by atoms with van der Waals surface area (Å²) in [6, 6.07) is 19.3. The lowest BCUT2D eigenvalue weighted by molar-refractivity contribution is -0.115. The van der Waals surface area contributed by atoms with Crippen molar-refractivity contribution < 1.29 is 18.0 Å². The summed E-state index contributed by atoms with van der Waals surface area (Å²) in [6.07, 6.45) is 0. The normalized spacial score (nSPS) is 11.0. The predicted molar refractivity (Wildman–Crippen MR) is 127 cm³/mol. The molecule has 0 aliphatic heterocycles. The molecule has 7 nitrogen and oxygen atoms in total. The first-order valence-electron chi connectivity index (χ1n) is 9.68. The number of aryl methyl sites for hydroxylation is 1. The van der Waals surface area contributed by atoms with Gasteiger partial charge in [0.25, 0.3) is 10.0 Å². The number of carbonyl (C=O) groups is 2. The predicted octanol–water partition coefficient (Wildman–Crippen LogP) is 4.44. The molecule has 0 heterocycles. The molecule has 0 bridgehead atoms. The van der Waals surface area contributed by atoms with Crippen LogP contribution in [-0.2, 0) is 19.6 Å². The minimum Gasteiger partial charge on any atom is -0.326 e. The van der Waals surface area contributed by atoms with Crippen molar-refractivity contribution >= 4 is 50.5 Å². The van der Waals surface area contributed by atoms with E-state index in [2.05, 4.69) is 10.6 Å². The third-order valence-corrected chi connectivity index (χ3v) is 6.56. The molecular weight excluding hydrogens is 450 g/mol. The van der Waals surface area contributed by atoms with Gasteiger partial charge in [-0.1, -0.05) is 35.9 Å². The van der Waals surface area contributed by atoms with Crippen molar-refractivity contribution in [1.82, 2.24) is 0 Å². The van der Waals surface area contributed by atoms with E-state index in [1.165, 1.54) is 25.1 Å². The van der Waals surface area contributed by atoms with Gasteiger partial charge >= 0.3 is 0 Å². The van der Waals surface area contributed by atoms with Crippen molar-refractivity contribution in [1.29, 1.82) is 0 Å². The fourth-order valence-electron chi connectivity index (χ4n) is 3.04.